The van der Waals surface area contributed by atoms with E-state index in [1.54, 1.807) is 22.7 Å². The molecule has 0 aliphatic rings. The number of aryl methyl sites for hydroxylation is 4. The summed E-state index contributed by atoms with van der Waals surface area (Å²) < 4.78 is 10.2. The van der Waals surface area contributed by atoms with E-state index in [1.807, 2.05) is 171 Å². The Balaban J connectivity index is 0.000000103. The number of benzene rings is 13. The minimum absolute atomic E-state index is 0.683. The Bertz CT molecular complexity index is 6970. The summed E-state index contributed by atoms with van der Waals surface area (Å²) in [6.45, 7) is 7.83. The Morgan fingerprint density at radius 3 is 0.900 bits per heavy atom. The maximum atomic E-state index is 4.89. The Morgan fingerprint density at radius 1 is 0.173 bits per heavy atom. The molecular weight excluding hydrogens is 1430 g/mol. The Morgan fingerprint density at radius 2 is 0.455 bits per heavy atom. The zero-order valence-electron chi connectivity index (χ0n) is 60.0. The summed E-state index contributed by atoms with van der Waals surface area (Å²) in [6, 6.07) is 108. The molecule has 0 aliphatic heterocycles. The Kier molecular flexibility index (Phi) is 18.8. The van der Waals surface area contributed by atoms with E-state index in [1.165, 1.54) is 86.3 Å². The number of thiophene rings is 4. The predicted molar refractivity (Wildman–Crippen MR) is 459 cm³/mol. The van der Waals surface area contributed by atoms with Crippen molar-refractivity contribution in [1.82, 2.24) is 59.8 Å². The van der Waals surface area contributed by atoms with E-state index in [0.29, 0.717) is 40.8 Å². The van der Waals surface area contributed by atoms with Gasteiger partial charge in [-0.3, -0.25) is 0 Å². The Hall–Kier alpha value is -13.2. The lowest BCUT2D eigenvalue weighted by molar-refractivity contribution is 0.992. The van der Waals surface area contributed by atoms with Gasteiger partial charge >= 0.3 is 0 Å². The van der Waals surface area contributed by atoms with Crippen molar-refractivity contribution >= 4 is 126 Å². The quantitative estimate of drug-likeness (QED) is 0.135. The SMILES string of the molecule is Cc1cccc(-c2nc(-c3ccccc3)nc(-c3ccc4sc5ccccc5c4c3)n2)c1.Cc1nc(-c2ccccc2)nc(-c2ccc3c(c2)sc2ccccc23)n1.Cc1nc(-c2ccccc2)nc(-c2ccc3sc4ccccc4c3c2)n1.Cc1nc(-c2ccccc2)nc(-c2cccc3c2sc2ccccc23)n1. The van der Waals surface area contributed by atoms with Crippen LogP contribution in [0.3, 0.4) is 0 Å². The summed E-state index contributed by atoms with van der Waals surface area (Å²) in [6.07, 6.45) is 0. The molecule has 0 aliphatic carbocycles. The molecule has 0 bridgehead atoms. The molecular formula is C94H64N12S4. The lowest BCUT2D eigenvalue weighted by atomic mass is 10.1. The molecule has 110 heavy (non-hydrogen) atoms. The average Bonchev–Trinajstić information content (AvgIpc) is 1.66. The number of rotatable bonds is 9. The molecule has 12 nitrogen and oxygen atoms in total. The van der Waals surface area contributed by atoms with Crippen molar-refractivity contribution in [3.8, 4) is 102 Å². The van der Waals surface area contributed by atoms with Crippen molar-refractivity contribution in [3.63, 3.8) is 0 Å². The number of aromatic nitrogens is 12. The molecule has 0 spiro atoms. The number of hydrogen-bond acceptors (Lipinski definition) is 16. The highest BCUT2D eigenvalue weighted by Gasteiger charge is 2.19. The van der Waals surface area contributed by atoms with E-state index < -0.39 is 0 Å². The van der Waals surface area contributed by atoms with Crippen LogP contribution in [0.1, 0.15) is 23.0 Å². The van der Waals surface area contributed by atoms with Gasteiger partial charge in [0.1, 0.15) is 17.5 Å². The largest absolute Gasteiger partial charge is 0.213 e. The maximum absolute atomic E-state index is 4.89. The van der Waals surface area contributed by atoms with Crippen LogP contribution in [0.2, 0.25) is 0 Å². The second-order valence-corrected chi connectivity index (χ2v) is 30.7. The molecule has 0 fully saturated rings. The molecule has 0 saturated heterocycles. The number of hydrogen-bond donors (Lipinski definition) is 0. The van der Waals surface area contributed by atoms with Gasteiger partial charge in [0.05, 0.1) is 0 Å². The molecule has 0 unspecified atom stereocenters. The molecule has 8 aromatic heterocycles. The van der Waals surface area contributed by atoms with Crippen molar-refractivity contribution in [2.75, 3.05) is 0 Å². The van der Waals surface area contributed by atoms with Gasteiger partial charge in [0.2, 0.25) is 0 Å². The fourth-order valence-corrected chi connectivity index (χ4v) is 18.2. The molecule has 13 aromatic carbocycles. The standard InChI is InChI=1S/C28H19N3S.3C22H15N3S/c1-18-8-7-11-20(16-18)27-29-26(19-9-3-2-4-10-19)30-28(31-27)21-14-15-25-23(17-21)22-12-5-6-13-24(22)32-25;1-14-23-21(15-8-3-2-4-9-15)25-22(24-14)18-12-7-11-17-16-10-5-6-13-19(16)26-20(17)18;1-14-23-21(15-7-3-2-4-8-15)25-22(24-14)16-11-12-20-18(13-16)17-9-5-6-10-19(17)26-20;1-14-23-21(15-7-3-2-4-8-15)25-22(24-14)16-11-12-18-17-9-5-6-10-19(17)26-20(18)13-16/h2-17H,1H3;3*2-13H,1H3. The lowest BCUT2D eigenvalue weighted by Gasteiger charge is -2.09. The average molecular weight is 1490 g/mol. The molecule has 21 rings (SSSR count). The monoisotopic (exact) mass is 1490 g/mol. The highest BCUT2D eigenvalue weighted by Crippen LogP contribution is 2.42. The van der Waals surface area contributed by atoms with E-state index >= 15 is 0 Å². The van der Waals surface area contributed by atoms with Crippen LogP contribution in [0.25, 0.3) is 183 Å². The number of fused-ring (bicyclic) bond motifs is 12. The molecule has 16 heteroatoms. The van der Waals surface area contributed by atoms with E-state index in [4.69, 9.17) is 29.9 Å². The van der Waals surface area contributed by atoms with Gasteiger partial charge in [-0.15, -0.1) is 45.3 Å². The van der Waals surface area contributed by atoms with Gasteiger partial charge in [0.15, 0.2) is 52.4 Å². The van der Waals surface area contributed by atoms with Crippen molar-refractivity contribution in [2.24, 2.45) is 0 Å². The van der Waals surface area contributed by atoms with Crippen LogP contribution in [0.4, 0.5) is 0 Å². The first-order chi connectivity index (χ1) is 54.1. The summed E-state index contributed by atoms with van der Waals surface area (Å²) >= 11 is 7.22. The third kappa shape index (κ3) is 14.3. The van der Waals surface area contributed by atoms with Crippen molar-refractivity contribution in [1.29, 1.82) is 0 Å². The first-order valence-corrected chi connectivity index (χ1v) is 39.2. The van der Waals surface area contributed by atoms with Gasteiger partial charge in [-0.2, -0.15) is 0 Å². The van der Waals surface area contributed by atoms with E-state index in [0.717, 1.165) is 79.2 Å². The molecule has 0 saturated carbocycles. The molecule has 8 heterocycles. The van der Waals surface area contributed by atoms with E-state index in [9.17, 15) is 0 Å². The van der Waals surface area contributed by atoms with Crippen molar-refractivity contribution in [3.05, 3.63) is 338 Å². The molecule has 0 atom stereocenters. The maximum Gasteiger partial charge on any atom is 0.165 e. The third-order valence-corrected chi connectivity index (χ3v) is 23.5. The minimum atomic E-state index is 0.683. The molecule has 0 amide bonds. The molecule has 0 radical (unpaired) electrons. The van der Waals surface area contributed by atoms with Gasteiger partial charge in [-0.1, -0.05) is 242 Å². The van der Waals surface area contributed by atoms with Crippen LogP contribution >= 0.6 is 45.3 Å². The van der Waals surface area contributed by atoms with Crippen LogP contribution in [0, 0.1) is 27.7 Å². The smallest absolute Gasteiger partial charge is 0.165 e. The highest BCUT2D eigenvalue weighted by atomic mass is 32.1. The van der Waals surface area contributed by atoms with Crippen LogP contribution in [0.15, 0.2) is 315 Å². The summed E-state index contributed by atoms with van der Waals surface area (Å²) in [5.74, 6) is 8.54. The molecule has 0 N–H and O–H groups in total. The zero-order chi connectivity index (χ0) is 74.0. The first kappa shape index (κ1) is 68.6. The predicted octanol–water partition coefficient (Wildman–Crippen LogP) is 25.2. The summed E-state index contributed by atoms with van der Waals surface area (Å²) in [5, 5.41) is 10.2. The molecule has 21 aromatic rings. The topological polar surface area (TPSA) is 155 Å². The minimum Gasteiger partial charge on any atom is -0.213 e. The lowest BCUT2D eigenvalue weighted by Crippen LogP contribution is -2.00. The zero-order valence-corrected chi connectivity index (χ0v) is 63.3. The van der Waals surface area contributed by atoms with Crippen LogP contribution in [-0.4, -0.2) is 59.8 Å². The second kappa shape index (κ2) is 30.2. The summed E-state index contributed by atoms with van der Waals surface area (Å²) in [5.41, 5.74) is 10.2. The van der Waals surface area contributed by atoms with Gasteiger partial charge in [0, 0.05) is 131 Å². The second-order valence-electron chi connectivity index (χ2n) is 26.4. The van der Waals surface area contributed by atoms with E-state index in [2.05, 4.69) is 225 Å². The fraction of sp³-hybridized carbons (Fsp3) is 0.0426. The van der Waals surface area contributed by atoms with E-state index in [-0.39, 0.29) is 0 Å². The third-order valence-electron chi connectivity index (χ3n) is 18.8. The van der Waals surface area contributed by atoms with Crippen molar-refractivity contribution < 1.29 is 0 Å². The van der Waals surface area contributed by atoms with Gasteiger partial charge < -0.3 is 0 Å². The van der Waals surface area contributed by atoms with Gasteiger partial charge in [0.25, 0.3) is 0 Å². The fourth-order valence-electron chi connectivity index (χ4n) is 13.6. The summed E-state index contributed by atoms with van der Waals surface area (Å²) in [4.78, 5) is 56.2. The highest BCUT2D eigenvalue weighted by molar-refractivity contribution is 7.27. The van der Waals surface area contributed by atoms with Crippen LogP contribution in [-0.2, 0) is 0 Å². The van der Waals surface area contributed by atoms with Crippen molar-refractivity contribution in [2.45, 2.75) is 27.7 Å². The normalized spacial score (nSPS) is 11.3. The number of nitrogens with zero attached hydrogens (tertiary/aromatic N) is 12. The summed E-state index contributed by atoms with van der Waals surface area (Å²) in [7, 11) is 0. The van der Waals surface area contributed by atoms with Gasteiger partial charge in [-0.05, 0) is 107 Å². The van der Waals surface area contributed by atoms with Crippen LogP contribution < -0.4 is 0 Å². The van der Waals surface area contributed by atoms with Crippen LogP contribution in [0.5, 0.6) is 0 Å². The van der Waals surface area contributed by atoms with Gasteiger partial charge in [-0.25, -0.2) is 59.8 Å². The Labute approximate surface area is 649 Å². The first-order valence-electron chi connectivity index (χ1n) is 36.0. The molecule has 524 valence electrons.